The zero-order valence-electron chi connectivity index (χ0n) is 15.4. The molecule has 0 aliphatic carbocycles. The molecule has 6 nitrogen and oxygen atoms in total. The van der Waals surface area contributed by atoms with Gasteiger partial charge in [-0.3, -0.25) is 4.90 Å². The highest BCUT2D eigenvalue weighted by atomic mass is 32.2. The van der Waals surface area contributed by atoms with E-state index < -0.39 is 10.0 Å². The van der Waals surface area contributed by atoms with E-state index >= 15 is 0 Å². The molecular formula is C18H30N2O4S. The van der Waals surface area contributed by atoms with Gasteiger partial charge in [0, 0.05) is 39.2 Å². The summed E-state index contributed by atoms with van der Waals surface area (Å²) >= 11 is 0. The number of hydrogen-bond acceptors (Lipinski definition) is 5. The van der Waals surface area contributed by atoms with Crippen LogP contribution in [0.15, 0.2) is 29.2 Å². The van der Waals surface area contributed by atoms with Crippen LogP contribution in [0.25, 0.3) is 0 Å². The summed E-state index contributed by atoms with van der Waals surface area (Å²) in [5.41, 5.74) is 0.0525. The molecule has 0 aromatic heterocycles. The van der Waals surface area contributed by atoms with Gasteiger partial charge in [-0.2, -0.15) is 0 Å². The van der Waals surface area contributed by atoms with Gasteiger partial charge in [-0.05, 0) is 43.7 Å². The minimum Gasteiger partial charge on any atom is -0.492 e. The van der Waals surface area contributed by atoms with Crippen molar-refractivity contribution in [1.82, 2.24) is 9.21 Å². The van der Waals surface area contributed by atoms with Crippen LogP contribution in [0.3, 0.4) is 0 Å². The number of sulfonamides is 1. The maximum Gasteiger partial charge on any atom is 0.242 e. The topological polar surface area (TPSA) is 70.1 Å². The first-order valence-corrected chi connectivity index (χ1v) is 10.3. The van der Waals surface area contributed by atoms with Crippen LogP contribution < -0.4 is 4.74 Å². The Morgan fingerprint density at radius 3 is 2.52 bits per heavy atom. The predicted octanol–water partition coefficient (Wildman–Crippen LogP) is 1.80. The van der Waals surface area contributed by atoms with Crippen LogP contribution in [0, 0.1) is 5.41 Å². The second-order valence-corrected chi connectivity index (χ2v) is 9.19. The van der Waals surface area contributed by atoms with Gasteiger partial charge < -0.3 is 9.84 Å². The molecule has 0 saturated carbocycles. The van der Waals surface area contributed by atoms with Crippen molar-refractivity contribution in [2.45, 2.75) is 31.1 Å². The average molecular weight is 371 g/mol. The lowest BCUT2D eigenvalue weighted by Crippen LogP contribution is -2.32. The summed E-state index contributed by atoms with van der Waals surface area (Å²) in [6.45, 7) is 5.67. The molecule has 0 spiro atoms. The Morgan fingerprint density at radius 1 is 1.28 bits per heavy atom. The third-order valence-corrected chi connectivity index (χ3v) is 6.74. The summed E-state index contributed by atoms with van der Waals surface area (Å²) in [5.74, 6) is 0.666. The molecule has 142 valence electrons. The quantitative estimate of drug-likeness (QED) is 0.718. The van der Waals surface area contributed by atoms with Gasteiger partial charge >= 0.3 is 0 Å². The van der Waals surface area contributed by atoms with Gasteiger partial charge in [0.05, 0.1) is 4.90 Å². The van der Waals surface area contributed by atoms with E-state index in [9.17, 15) is 13.5 Å². The Balaban J connectivity index is 1.83. The van der Waals surface area contributed by atoms with Crippen LogP contribution in [0.2, 0.25) is 0 Å². The lowest BCUT2D eigenvalue weighted by molar-refractivity contribution is 0.115. The molecule has 1 aliphatic heterocycles. The van der Waals surface area contributed by atoms with E-state index in [1.165, 1.54) is 18.4 Å². The molecule has 1 saturated heterocycles. The van der Waals surface area contributed by atoms with Crippen LogP contribution in [0.4, 0.5) is 0 Å². The first kappa shape index (κ1) is 20.2. The first-order valence-electron chi connectivity index (χ1n) is 8.81. The number of ether oxygens (including phenoxy) is 1. The Morgan fingerprint density at radius 2 is 1.96 bits per heavy atom. The fraction of sp³-hybridized carbons (Fsp3) is 0.667. The Labute approximate surface area is 151 Å². The number of likely N-dealkylation sites (tertiary alicyclic amines) is 1. The summed E-state index contributed by atoms with van der Waals surface area (Å²) in [6, 6.07) is 6.52. The number of aliphatic hydroxyl groups excluding tert-OH is 1. The molecule has 1 fully saturated rings. The van der Waals surface area contributed by atoms with Gasteiger partial charge in [-0.1, -0.05) is 13.3 Å². The van der Waals surface area contributed by atoms with Gasteiger partial charge in [0.25, 0.3) is 0 Å². The number of aliphatic hydroxyl groups is 1. The largest absolute Gasteiger partial charge is 0.492 e. The lowest BCUT2D eigenvalue weighted by atomic mass is 9.83. The molecule has 2 rings (SSSR count). The fourth-order valence-electron chi connectivity index (χ4n) is 3.37. The lowest BCUT2D eigenvalue weighted by Gasteiger charge is -2.26. The summed E-state index contributed by atoms with van der Waals surface area (Å²) in [4.78, 5) is 2.59. The second-order valence-electron chi connectivity index (χ2n) is 7.04. The molecule has 1 aromatic rings. The summed E-state index contributed by atoms with van der Waals surface area (Å²) in [6.07, 6.45) is 3.18. The van der Waals surface area contributed by atoms with E-state index in [0.29, 0.717) is 12.4 Å². The molecule has 1 heterocycles. The van der Waals surface area contributed by atoms with Crippen molar-refractivity contribution in [3.63, 3.8) is 0 Å². The van der Waals surface area contributed by atoms with Crippen molar-refractivity contribution >= 4 is 10.0 Å². The second kappa shape index (κ2) is 8.49. The molecule has 1 atom stereocenters. The van der Waals surface area contributed by atoms with E-state index in [0.717, 1.165) is 38.9 Å². The van der Waals surface area contributed by atoms with Crippen LogP contribution in [0.1, 0.15) is 26.2 Å². The third-order valence-electron chi connectivity index (χ3n) is 4.91. The van der Waals surface area contributed by atoms with Gasteiger partial charge in [0.1, 0.15) is 12.4 Å². The van der Waals surface area contributed by atoms with Crippen LogP contribution in [0.5, 0.6) is 5.75 Å². The Kier molecular flexibility index (Phi) is 6.85. The normalized spacial score (nSPS) is 21.8. The number of nitrogens with zero attached hydrogens (tertiary/aromatic N) is 2. The molecule has 0 radical (unpaired) electrons. The van der Waals surface area contributed by atoms with Crippen molar-refractivity contribution in [1.29, 1.82) is 0 Å². The molecule has 1 N–H and O–H groups in total. The Bertz CT molecular complexity index is 646. The van der Waals surface area contributed by atoms with Gasteiger partial charge in [0.2, 0.25) is 10.0 Å². The van der Waals surface area contributed by atoms with Crippen molar-refractivity contribution in [2.24, 2.45) is 5.41 Å². The SMILES string of the molecule is CCCC1(CO)CCN(CCOc2ccc(S(=O)(=O)N(C)C)cc2)C1. The molecule has 1 unspecified atom stereocenters. The van der Waals surface area contributed by atoms with Gasteiger partial charge in [-0.25, -0.2) is 12.7 Å². The highest BCUT2D eigenvalue weighted by molar-refractivity contribution is 7.89. The standard InChI is InChI=1S/C18H30N2O4S/c1-4-9-18(15-21)10-11-20(14-18)12-13-24-16-5-7-17(8-6-16)25(22,23)19(2)3/h5-8,21H,4,9-15H2,1-3H3. The van der Waals surface area contributed by atoms with Crippen LogP contribution >= 0.6 is 0 Å². The summed E-state index contributed by atoms with van der Waals surface area (Å²) < 4.78 is 31.0. The molecule has 1 aromatic carbocycles. The zero-order valence-corrected chi connectivity index (χ0v) is 16.3. The molecule has 0 bridgehead atoms. The Hall–Kier alpha value is -1.15. The van der Waals surface area contributed by atoms with E-state index in [2.05, 4.69) is 11.8 Å². The van der Waals surface area contributed by atoms with Crippen molar-refractivity contribution in [3.8, 4) is 5.75 Å². The van der Waals surface area contributed by atoms with Crippen molar-refractivity contribution < 1.29 is 18.3 Å². The molecule has 7 heteroatoms. The minimum atomic E-state index is -3.40. The van der Waals surface area contributed by atoms with Crippen LogP contribution in [-0.4, -0.2) is 69.7 Å². The monoisotopic (exact) mass is 370 g/mol. The molecule has 25 heavy (non-hydrogen) atoms. The maximum absolute atomic E-state index is 12.0. The summed E-state index contributed by atoms with van der Waals surface area (Å²) in [7, 11) is -0.374. The number of hydrogen-bond donors (Lipinski definition) is 1. The highest BCUT2D eigenvalue weighted by Gasteiger charge is 2.36. The smallest absolute Gasteiger partial charge is 0.242 e. The van der Waals surface area contributed by atoms with Crippen LogP contribution in [-0.2, 0) is 10.0 Å². The minimum absolute atomic E-state index is 0.0525. The first-order chi connectivity index (χ1) is 11.8. The summed E-state index contributed by atoms with van der Waals surface area (Å²) in [5, 5.41) is 9.69. The van der Waals surface area contributed by atoms with Crippen molar-refractivity contribution in [2.75, 3.05) is 46.9 Å². The van der Waals surface area contributed by atoms with Gasteiger partial charge in [-0.15, -0.1) is 0 Å². The third kappa shape index (κ3) is 4.94. The molecule has 1 aliphatic rings. The molecular weight excluding hydrogens is 340 g/mol. The predicted molar refractivity (Wildman–Crippen MR) is 98.3 cm³/mol. The van der Waals surface area contributed by atoms with Gasteiger partial charge in [0.15, 0.2) is 0 Å². The van der Waals surface area contributed by atoms with E-state index in [-0.39, 0.29) is 16.9 Å². The fourth-order valence-corrected chi connectivity index (χ4v) is 4.27. The zero-order chi connectivity index (χ0) is 18.5. The number of rotatable bonds is 9. The maximum atomic E-state index is 12.0. The molecule has 0 amide bonds. The van der Waals surface area contributed by atoms with E-state index in [1.54, 1.807) is 24.3 Å². The number of benzene rings is 1. The van der Waals surface area contributed by atoms with E-state index in [4.69, 9.17) is 4.74 Å². The average Bonchev–Trinajstić information content (AvgIpc) is 2.99. The van der Waals surface area contributed by atoms with Crippen molar-refractivity contribution in [3.05, 3.63) is 24.3 Å². The highest BCUT2D eigenvalue weighted by Crippen LogP contribution is 2.34. The van der Waals surface area contributed by atoms with E-state index in [1.807, 2.05) is 0 Å².